The Morgan fingerprint density at radius 1 is 1.19 bits per heavy atom. The van der Waals surface area contributed by atoms with Gasteiger partial charge in [-0.15, -0.1) is 0 Å². The van der Waals surface area contributed by atoms with Crippen LogP contribution in [0.3, 0.4) is 0 Å². The molecule has 0 aliphatic carbocycles. The molecule has 3 rings (SSSR count). The lowest BCUT2D eigenvalue weighted by molar-refractivity contribution is -0.115. The van der Waals surface area contributed by atoms with Crippen molar-refractivity contribution in [3.63, 3.8) is 0 Å². The smallest absolute Gasteiger partial charge is 0.243 e. The molecule has 0 fully saturated rings. The molecular formula is C22H29N3O. The van der Waals surface area contributed by atoms with Crippen molar-refractivity contribution >= 4 is 23.0 Å². The maximum absolute atomic E-state index is 12.6. The minimum absolute atomic E-state index is 0.0345. The number of nitrogens with one attached hydrogen (secondary N) is 1. The molecule has 0 radical (unpaired) electrons. The number of benzene rings is 2. The van der Waals surface area contributed by atoms with E-state index in [4.69, 9.17) is 0 Å². The highest BCUT2D eigenvalue weighted by molar-refractivity contribution is 5.95. The first-order valence-electron chi connectivity index (χ1n) is 9.53. The Kier molecular flexibility index (Phi) is 5.50. The fourth-order valence-electron chi connectivity index (χ4n) is 3.79. The van der Waals surface area contributed by atoms with E-state index in [0.717, 1.165) is 30.8 Å². The molecule has 0 bridgehead atoms. The van der Waals surface area contributed by atoms with E-state index < -0.39 is 0 Å². The average Bonchev–Trinajstić information content (AvgIpc) is 2.94. The summed E-state index contributed by atoms with van der Waals surface area (Å²) in [6, 6.07) is 15.0. The largest absolute Gasteiger partial charge is 0.372 e. The molecule has 4 nitrogen and oxygen atoms in total. The van der Waals surface area contributed by atoms with Gasteiger partial charge in [-0.25, -0.2) is 0 Å². The summed E-state index contributed by atoms with van der Waals surface area (Å²) in [5.74, 6) is 0.0345. The maximum Gasteiger partial charge on any atom is 0.243 e. The van der Waals surface area contributed by atoms with E-state index in [9.17, 15) is 4.79 Å². The number of carbonyl (C=O) groups excluding carboxylic acids is 1. The van der Waals surface area contributed by atoms with E-state index in [1.807, 2.05) is 12.1 Å². The fraction of sp³-hybridized carbons (Fsp3) is 0.409. The van der Waals surface area contributed by atoms with Gasteiger partial charge >= 0.3 is 0 Å². The van der Waals surface area contributed by atoms with Crippen molar-refractivity contribution in [1.29, 1.82) is 0 Å². The third-order valence-electron chi connectivity index (χ3n) is 5.28. The van der Waals surface area contributed by atoms with Crippen LogP contribution in [0, 0.1) is 6.92 Å². The molecule has 2 aromatic rings. The summed E-state index contributed by atoms with van der Waals surface area (Å²) in [7, 11) is 0. The highest BCUT2D eigenvalue weighted by atomic mass is 16.2. The summed E-state index contributed by atoms with van der Waals surface area (Å²) in [4.78, 5) is 17.1. The molecule has 0 spiro atoms. The second-order valence-electron chi connectivity index (χ2n) is 7.03. The minimum Gasteiger partial charge on any atom is -0.372 e. The molecular weight excluding hydrogens is 322 g/mol. The Morgan fingerprint density at radius 2 is 1.92 bits per heavy atom. The zero-order chi connectivity index (χ0) is 18.7. The van der Waals surface area contributed by atoms with Gasteiger partial charge in [-0.2, -0.15) is 0 Å². The topological polar surface area (TPSA) is 35.6 Å². The van der Waals surface area contributed by atoms with Crippen molar-refractivity contribution in [2.24, 2.45) is 0 Å². The molecule has 1 aliphatic heterocycles. The lowest BCUT2D eigenvalue weighted by atomic mass is 10.1. The van der Waals surface area contributed by atoms with Crippen molar-refractivity contribution in [2.45, 2.75) is 40.2 Å². The maximum atomic E-state index is 12.6. The van der Waals surface area contributed by atoms with E-state index in [1.165, 1.54) is 16.9 Å². The van der Waals surface area contributed by atoms with Crippen molar-refractivity contribution < 1.29 is 4.79 Å². The van der Waals surface area contributed by atoms with Gasteiger partial charge in [0.15, 0.2) is 0 Å². The van der Waals surface area contributed by atoms with Gasteiger partial charge in [0.05, 0.1) is 6.54 Å². The predicted octanol–water partition coefficient (Wildman–Crippen LogP) is 4.23. The van der Waals surface area contributed by atoms with Gasteiger partial charge in [-0.3, -0.25) is 4.79 Å². The number of aryl methyl sites for hydroxylation is 1. The standard InChI is InChI=1S/C22H29N3O/c1-5-24(6-2)19-11-12-20(16(3)13-19)23-22(26)15-25-17(4)14-18-9-7-8-10-21(18)25/h7-13,17H,5-6,14-15H2,1-4H3,(H,23,26). The van der Waals surface area contributed by atoms with Gasteiger partial charge in [0, 0.05) is 36.2 Å². The Balaban J connectivity index is 1.69. The van der Waals surface area contributed by atoms with E-state index in [1.54, 1.807) is 0 Å². The molecule has 138 valence electrons. The fourth-order valence-corrected chi connectivity index (χ4v) is 3.79. The molecule has 1 aliphatic rings. The number of fused-ring (bicyclic) bond motifs is 1. The summed E-state index contributed by atoms with van der Waals surface area (Å²) in [6.07, 6.45) is 1.00. The van der Waals surface area contributed by atoms with Gasteiger partial charge in [-0.05, 0) is 69.5 Å². The van der Waals surface area contributed by atoms with Gasteiger partial charge in [-0.1, -0.05) is 18.2 Å². The zero-order valence-corrected chi connectivity index (χ0v) is 16.2. The zero-order valence-electron chi connectivity index (χ0n) is 16.2. The first-order valence-corrected chi connectivity index (χ1v) is 9.53. The minimum atomic E-state index is 0.0345. The Morgan fingerprint density at radius 3 is 2.62 bits per heavy atom. The third kappa shape index (κ3) is 3.69. The Bertz CT molecular complexity index is 783. The van der Waals surface area contributed by atoms with Crippen molar-refractivity contribution in [3.8, 4) is 0 Å². The molecule has 26 heavy (non-hydrogen) atoms. The number of nitrogens with zero attached hydrogens (tertiary/aromatic N) is 2. The summed E-state index contributed by atoms with van der Waals surface area (Å²) < 4.78 is 0. The lowest BCUT2D eigenvalue weighted by Crippen LogP contribution is -2.37. The Hall–Kier alpha value is -2.49. The van der Waals surface area contributed by atoms with E-state index in [0.29, 0.717) is 12.6 Å². The quantitative estimate of drug-likeness (QED) is 0.846. The number of rotatable bonds is 6. The number of amides is 1. The number of hydrogen-bond acceptors (Lipinski definition) is 3. The molecule has 4 heteroatoms. The molecule has 0 saturated heterocycles. The van der Waals surface area contributed by atoms with Gasteiger partial charge in [0.2, 0.25) is 5.91 Å². The molecule has 1 amide bonds. The molecule has 1 unspecified atom stereocenters. The van der Waals surface area contributed by atoms with Crippen LogP contribution in [0.25, 0.3) is 0 Å². The summed E-state index contributed by atoms with van der Waals surface area (Å²) in [6.45, 7) is 10.9. The van der Waals surface area contributed by atoms with E-state index in [-0.39, 0.29) is 5.91 Å². The highest BCUT2D eigenvalue weighted by Gasteiger charge is 2.27. The third-order valence-corrected chi connectivity index (χ3v) is 5.28. The predicted molar refractivity (Wildman–Crippen MR) is 110 cm³/mol. The summed E-state index contributed by atoms with van der Waals surface area (Å²) >= 11 is 0. The van der Waals surface area contributed by atoms with Crippen molar-refractivity contribution in [1.82, 2.24) is 0 Å². The van der Waals surface area contributed by atoms with Crippen LogP contribution in [0.5, 0.6) is 0 Å². The monoisotopic (exact) mass is 351 g/mol. The van der Waals surface area contributed by atoms with Crippen LogP contribution in [0.2, 0.25) is 0 Å². The van der Waals surface area contributed by atoms with Gasteiger partial charge in [0.1, 0.15) is 0 Å². The highest BCUT2D eigenvalue weighted by Crippen LogP contribution is 2.31. The van der Waals surface area contributed by atoms with Crippen LogP contribution in [0.15, 0.2) is 42.5 Å². The normalized spacial score (nSPS) is 15.7. The number of carbonyl (C=O) groups is 1. The first-order chi connectivity index (χ1) is 12.5. The van der Waals surface area contributed by atoms with Crippen LogP contribution in [0.4, 0.5) is 17.1 Å². The number of hydrogen-bond donors (Lipinski definition) is 1. The molecule has 0 aromatic heterocycles. The second kappa shape index (κ2) is 7.81. The summed E-state index contributed by atoms with van der Waals surface area (Å²) in [5.41, 5.74) is 5.70. The molecule has 1 N–H and O–H groups in total. The van der Waals surface area contributed by atoms with E-state index >= 15 is 0 Å². The molecule has 1 atom stereocenters. The van der Waals surface area contributed by atoms with Gasteiger partial charge < -0.3 is 15.1 Å². The van der Waals surface area contributed by atoms with Crippen LogP contribution in [-0.4, -0.2) is 31.6 Å². The SMILES string of the molecule is CCN(CC)c1ccc(NC(=O)CN2c3ccccc3CC2C)c(C)c1. The Labute approximate surface area is 156 Å². The number of para-hydroxylation sites is 1. The number of anilines is 3. The van der Waals surface area contributed by atoms with Crippen LogP contribution in [-0.2, 0) is 11.2 Å². The summed E-state index contributed by atoms with van der Waals surface area (Å²) in [5, 5.41) is 3.09. The van der Waals surface area contributed by atoms with Crippen molar-refractivity contribution in [3.05, 3.63) is 53.6 Å². The van der Waals surface area contributed by atoms with Gasteiger partial charge in [0.25, 0.3) is 0 Å². The second-order valence-corrected chi connectivity index (χ2v) is 7.03. The molecule has 0 saturated carbocycles. The molecule has 1 heterocycles. The van der Waals surface area contributed by atoms with E-state index in [2.05, 4.69) is 73.1 Å². The lowest BCUT2D eigenvalue weighted by Gasteiger charge is -2.25. The average molecular weight is 351 g/mol. The van der Waals surface area contributed by atoms with Crippen molar-refractivity contribution in [2.75, 3.05) is 34.8 Å². The van der Waals surface area contributed by atoms with Crippen LogP contribution in [0.1, 0.15) is 31.9 Å². The van der Waals surface area contributed by atoms with Crippen LogP contribution < -0.4 is 15.1 Å². The first kappa shape index (κ1) is 18.3. The molecule has 2 aromatic carbocycles. The van der Waals surface area contributed by atoms with Crippen LogP contribution >= 0.6 is 0 Å².